The molecule has 7 heteroatoms. The lowest BCUT2D eigenvalue weighted by Crippen LogP contribution is -2.11. The van der Waals surface area contributed by atoms with Gasteiger partial charge < -0.3 is 5.73 Å². The highest BCUT2D eigenvalue weighted by Gasteiger charge is 2.11. The van der Waals surface area contributed by atoms with Gasteiger partial charge in [-0.15, -0.1) is 11.3 Å². The van der Waals surface area contributed by atoms with Gasteiger partial charge in [-0.1, -0.05) is 11.3 Å². The molecule has 0 radical (unpaired) electrons. The zero-order chi connectivity index (χ0) is 12.5. The smallest absolute Gasteiger partial charge is 0.276 e. The third-order valence-electron chi connectivity index (χ3n) is 2.30. The summed E-state index contributed by atoms with van der Waals surface area (Å²) in [4.78, 5) is 20.0. The van der Waals surface area contributed by atoms with E-state index in [0.29, 0.717) is 16.5 Å². The number of carbonyl (C=O) groups excluding carboxylic acids is 1. The molecule has 0 saturated carbocycles. The lowest BCUT2D eigenvalue weighted by atomic mass is 10.3. The first-order chi connectivity index (χ1) is 8.72. The second-order valence-corrected chi connectivity index (χ2v) is 5.32. The molecule has 1 aromatic carbocycles. The highest BCUT2D eigenvalue weighted by Crippen LogP contribution is 2.27. The number of carbonyl (C=O) groups is 1. The first-order valence-corrected chi connectivity index (χ1v) is 6.84. The van der Waals surface area contributed by atoms with Crippen LogP contribution >= 0.6 is 22.7 Å². The summed E-state index contributed by atoms with van der Waals surface area (Å²) in [6, 6.07) is 5.46. The number of rotatable bonds is 2. The van der Waals surface area contributed by atoms with Crippen molar-refractivity contribution >= 4 is 49.6 Å². The van der Waals surface area contributed by atoms with E-state index in [2.05, 4.69) is 15.3 Å². The summed E-state index contributed by atoms with van der Waals surface area (Å²) in [5, 5.41) is 4.97. The molecule has 0 unspecified atom stereocenters. The van der Waals surface area contributed by atoms with Crippen LogP contribution < -0.4 is 11.1 Å². The normalized spacial score (nSPS) is 10.7. The molecule has 90 valence electrons. The third-order valence-corrected chi connectivity index (χ3v) is 3.82. The Labute approximate surface area is 110 Å². The molecule has 1 amide bonds. The van der Waals surface area contributed by atoms with Gasteiger partial charge in [0.1, 0.15) is 5.69 Å². The van der Waals surface area contributed by atoms with Gasteiger partial charge in [0.05, 0.1) is 15.7 Å². The Bertz CT molecular complexity index is 705. The number of hydrogen-bond acceptors (Lipinski definition) is 6. The van der Waals surface area contributed by atoms with Gasteiger partial charge in [0.15, 0.2) is 5.13 Å². The largest absolute Gasteiger partial charge is 0.399 e. The summed E-state index contributed by atoms with van der Waals surface area (Å²) in [5.41, 5.74) is 9.22. The molecule has 0 saturated heterocycles. The van der Waals surface area contributed by atoms with E-state index >= 15 is 0 Å². The second-order valence-electron chi connectivity index (χ2n) is 3.57. The molecule has 0 atom stereocenters. The molecule has 0 fully saturated rings. The van der Waals surface area contributed by atoms with Gasteiger partial charge in [-0.05, 0) is 18.2 Å². The molecule has 18 heavy (non-hydrogen) atoms. The zero-order valence-electron chi connectivity index (χ0n) is 9.08. The van der Waals surface area contributed by atoms with Crippen LogP contribution in [0.15, 0.2) is 29.1 Å². The summed E-state index contributed by atoms with van der Waals surface area (Å²) in [6.45, 7) is 0. The van der Waals surface area contributed by atoms with Crippen LogP contribution in [0.2, 0.25) is 0 Å². The van der Waals surface area contributed by atoms with Gasteiger partial charge in [-0.3, -0.25) is 10.1 Å². The molecule has 3 rings (SSSR count). The molecule has 3 N–H and O–H groups in total. The summed E-state index contributed by atoms with van der Waals surface area (Å²) in [7, 11) is 0. The van der Waals surface area contributed by atoms with Gasteiger partial charge in [-0.2, -0.15) is 0 Å². The number of nitrogens with two attached hydrogens (primary N) is 1. The van der Waals surface area contributed by atoms with E-state index in [0.717, 1.165) is 10.2 Å². The quantitative estimate of drug-likeness (QED) is 0.705. The predicted molar refractivity (Wildman–Crippen MR) is 74.1 cm³/mol. The Morgan fingerprint density at radius 2 is 2.28 bits per heavy atom. The number of benzene rings is 1. The lowest BCUT2D eigenvalue weighted by molar-refractivity contribution is 0.102. The van der Waals surface area contributed by atoms with Gasteiger partial charge in [0, 0.05) is 11.1 Å². The molecule has 0 aliphatic heterocycles. The van der Waals surface area contributed by atoms with Gasteiger partial charge in [0.25, 0.3) is 5.91 Å². The molecular formula is C11H8N4OS2. The van der Waals surface area contributed by atoms with E-state index in [1.807, 2.05) is 12.1 Å². The van der Waals surface area contributed by atoms with Crippen LogP contribution in [0, 0.1) is 0 Å². The van der Waals surface area contributed by atoms with Gasteiger partial charge >= 0.3 is 0 Å². The number of hydrogen-bond donors (Lipinski definition) is 2. The molecule has 0 aliphatic rings. The Morgan fingerprint density at radius 1 is 1.39 bits per heavy atom. The molecule has 2 aromatic heterocycles. The number of nitrogens with zero attached hydrogens (tertiary/aromatic N) is 2. The van der Waals surface area contributed by atoms with Crippen LogP contribution in [0.1, 0.15) is 10.5 Å². The van der Waals surface area contributed by atoms with Crippen LogP contribution in [0.3, 0.4) is 0 Å². The van der Waals surface area contributed by atoms with E-state index in [1.54, 1.807) is 17.0 Å². The summed E-state index contributed by atoms with van der Waals surface area (Å²) in [6.07, 6.45) is 0. The summed E-state index contributed by atoms with van der Waals surface area (Å²) < 4.78 is 0.948. The van der Waals surface area contributed by atoms with E-state index in [1.165, 1.54) is 22.7 Å². The Balaban J connectivity index is 1.89. The fourth-order valence-corrected chi connectivity index (χ4v) is 2.92. The van der Waals surface area contributed by atoms with Crippen molar-refractivity contribution in [3.05, 3.63) is 34.8 Å². The maximum absolute atomic E-state index is 11.8. The van der Waals surface area contributed by atoms with Crippen molar-refractivity contribution in [1.82, 2.24) is 9.97 Å². The standard InChI is InChI=1S/C11H8N4OS2/c12-6-1-2-7-9(3-6)18-11(14-7)15-10(16)8-4-17-5-13-8/h1-5H,12H2,(H,14,15,16). The average Bonchev–Trinajstić information content (AvgIpc) is 2.95. The van der Waals surface area contributed by atoms with Crippen LogP contribution in [-0.2, 0) is 0 Å². The predicted octanol–water partition coefficient (Wildman–Crippen LogP) is 2.59. The van der Waals surface area contributed by atoms with Crippen molar-refractivity contribution in [2.45, 2.75) is 0 Å². The lowest BCUT2D eigenvalue weighted by Gasteiger charge is -1.96. The Hall–Kier alpha value is -1.99. The SMILES string of the molecule is Nc1ccc2nc(NC(=O)c3cscn3)sc2c1. The number of amides is 1. The maximum Gasteiger partial charge on any atom is 0.276 e. The first kappa shape index (κ1) is 11.1. The van der Waals surface area contributed by atoms with Crippen molar-refractivity contribution in [2.75, 3.05) is 11.1 Å². The van der Waals surface area contributed by atoms with E-state index in [4.69, 9.17) is 5.73 Å². The Kier molecular flexibility index (Phi) is 2.69. The van der Waals surface area contributed by atoms with Gasteiger partial charge in [0.2, 0.25) is 0 Å². The number of nitrogen functional groups attached to an aromatic ring is 1. The minimum atomic E-state index is -0.247. The molecule has 0 aliphatic carbocycles. The highest BCUT2D eigenvalue weighted by molar-refractivity contribution is 7.22. The number of nitrogens with one attached hydrogen (secondary N) is 1. The van der Waals surface area contributed by atoms with Crippen molar-refractivity contribution in [1.29, 1.82) is 0 Å². The van der Waals surface area contributed by atoms with Crippen molar-refractivity contribution < 1.29 is 4.79 Å². The van der Waals surface area contributed by atoms with Crippen LogP contribution in [0.5, 0.6) is 0 Å². The van der Waals surface area contributed by atoms with Gasteiger partial charge in [-0.25, -0.2) is 9.97 Å². The second kappa shape index (κ2) is 4.35. The summed E-state index contributed by atoms with van der Waals surface area (Å²) >= 11 is 2.77. The van der Waals surface area contributed by atoms with Crippen LogP contribution in [0.4, 0.5) is 10.8 Å². The average molecular weight is 276 g/mol. The van der Waals surface area contributed by atoms with Crippen LogP contribution in [-0.4, -0.2) is 15.9 Å². The highest BCUT2D eigenvalue weighted by atomic mass is 32.1. The van der Waals surface area contributed by atoms with E-state index in [-0.39, 0.29) is 5.91 Å². The zero-order valence-corrected chi connectivity index (χ0v) is 10.7. The van der Waals surface area contributed by atoms with E-state index < -0.39 is 0 Å². The Morgan fingerprint density at radius 3 is 3.06 bits per heavy atom. The maximum atomic E-state index is 11.8. The molecule has 0 bridgehead atoms. The molecule has 2 heterocycles. The minimum Gasteiger partial charge on any atom is -0.399 e. The topological polar surface area (TPSA) is 80.9 Å². The van der Waals surface area contributed by atoms with Crippen LogP contribution in [0.25, 0.3) is 10.2 Å². The third kappa shape index (κ3) is 2.05. The van der Waals surface area contributed by atoms with Crippen molar-refractivity contribution in [2.24, 2.45) is 0 Å². The fraction of sp³-hybridized carbons (Fsp3) is 0. The molecule has 3 aromatic rings. The van der Waals surface area contributed by atoms with Crippen molar-refractivity contribution in [3.8, 4) is 0 Å². The molecular weight excluding hydrogens is 268 g/mol. The van der Waals surface area contributed by atoms with E-state index in [9.17, 15) is 4.79 Å². The van der Waals surface area contributed by atoms with Crippen molar-refractivity contribution in [3.63, 3.8) is 0 Å². The molecule has 5 nitrogen and oxygen atoms in total. The molecule has 0 spiro atoms. The summed E-state index contributed by atoms with van der Waals surface area (Å²) in [5.74, 6) is -0.247. The minimum absolute atomic E-state index is 0.247. The monoisotopic (exact) mass is 276 g/mol. The number of thiazole rings is 2. The first-order valence-electron chi connectivity index (χ1n) is 5.08. The number of fused-ring (bicyclic) bond motifs is 1. The number of anilines is 2. The fourth-order valence-electron chi connectivity index (χ4n) is 1.48. The number of aromatic nitrogens is 2.